The quantitative estimate of drug-likeness (QED) is 0.149. The van der Waals surface area contributed by atoms with Crippen LogP contribution >= 0.6 is 43.3 Å². The first-order valence-corrected chi connectivity index (χ1v) is 15.8. The van der Waals surface area contributed by atoms with E-state index in [2.05, 4.69) is 20.3 Å². The molecular weight excluding hydrogens is 762 g/mol. The van der Waals surface area contributed by atoms with Crippen molar-refractivity contribution in [3.63, 3.8) is 0 Å². The minimum absolute atomic E-state index is 0.0145. The van der Waals surface area contributed by atoms with Crippen LogP contribution in [0.5, 0.6) is 11.5 Å². The second kappa shape index (κ2) is 12.3. The summed E-state index contributed by atoms with van der Waals surface area (Å²) in [6, 6.07) is 12.7. The molecule has 41 heavy (non-hydrogen) atoms. The SMILES string of the molecule is COc1ccc(-c2nc(C(=O)NCc3ccccc3OC3=CI=CC=N3)c([C@H](C)N)o2)c2ccc(C(F)(F)I)nc12. The minimum Gasteiger partial charge on any atom is -0.494 e. The lowest BCUT2D eigenvalue weighted by Crippen LogP contribution is -2.25. The van der Waals surface area contributed by atoms with Gasteiger partial charge in [0.15, 0.2) is 11.5 Å². The number of hydrogen-bond acceptors (Lipinski definition) is 8. The van der Waals surface area contributed by atoms with E-state index in [9.17, 15) is 13.6 Å². The van der Waals surface area contributed by atoms with Gasteiger partial charge in [-0.2, -0.15) is 8.78 Å². The summed E-state index contributed by atoms with van der Waals surface area (Å²) in [5.41, 5.74) is 7.13. The third-order valence-electron chi connectivity index (χ3n) is 5.96. The summed E-state index contributed by atoms with van der Waals surface area (Å²) < 4.78 is 46.1. The topological polar surface area (TPSA) is 125 Å². The van der Waals surface area contributed by atoms with Crippen molar-refractivity contribution in [3.05, 3.63) is 81.2 Å². The van der Waals surface area contributed by atoms with E-state index in [1.54, 1.807) is 31.3 Å². The summed E-state index contributed by atoms with van der Waals surface area (Å²) in [5, 5.41) is 3.32. The molecule has 0 spiro atoms. The molecule has 1 aliphatic rings. The fourth-order valence-electron chi connectivity index (χ4n) is 4.04. The van der Waals surface area contributed by atoms with Crippen LogP contribution in [-0.4, -0.2) is 33.2 Å². The highest BCUT2D eigenvalue weighted by Gasteiger charge is 2.30. The number of aromatic nitrogens is 2. The fourth-order valence-corrected chi connectivity index (χ4v) is 5.49. The van der Waals surface area contributed by atoms with Gasteiger partial charge in [0.25, 0.3) is 5.91 Å². The van der Waals surface area contributed by atoms with Crippen molar-refractivity contribution in [2.24, 2.45) is 10.7 Å². The van der Waals surface area contributed by atoms with Gasteiger partial charge in [0.1, 0.15) is 22.7 Å². The molecule has 3 N–H and O–H groups in total. The van der Waals surface area contributed by atoms with E-state index in [4.69, 9.17) is 19.6 Å². The molecule has 0 bridgehead atoms. The van der Waals surface area contributed by atoms with Crippen LogP contribution in [-0.2, 0) is 10.5 Å². The average Bonchev–Trinajstić information content (AvgIpc) is 3.42. The van der Waals surface area contributed by atoms with E-state index >= 15 is 0 Å². The molecule has 2 aromatic heterocycles. The van der Waals surface area contributed by atoms with Crippen LogP contribution in [0.2, 0.25) is 0 Å². The summed E-state index contributed by atoms with van der Waals surface area (Å²) in [5.74, 6) is 1.17. The van der Waals surface area contributed by atoms with Crippen molar-refractivity contribution < 1.29 is 27.5 Å². The number of hydrogen-bond donors (Lipinski definition) is 2. The fraction of sp³-hybridized carbons (Fsp3) is 0.179. The summed E-state index contributed by atoms with van der Waals surface area (Å²) >= 11 is 0.787. The first-order chi connectivity index (χ1) is 19.7. The first-order valence-electron chi connectivity index (χ1n) is 12.2. The number of benzene rings is 2. The number of amides is 1. The number of oxazole rings is 1. The molecule has 0 saturated carbocycles. The van der Waals surface area contributed by atoms with E-state index in [1.807, 2.05) is 26.3 Å². The average molecular weight is 785 g/mol. The number of ether oxygens (including phenoxy) is 2. The lowest BCUT2D eigenvalue weighted by molar-refractivity contribution is 0.0943. The summed E-state index contributed by atoms with van der Waals surface area (Å²) in [6.45, 7) is 1.82. The van der Waals surface area contributed by atoms with Crippen molar-refractivity contribution >= 4 is 70.4 Å². The Bertz CT molecular complexity index is 1710. The molecule has 3 heterocycles. The minimum atomic E-state index is -3.17. The van der Waals surface area contributed by atoms with Crippen LogP contribution in [0.3, 0.4) is 0 Å². The van der Waals surface area contributed by atoms with E-state index in [0.717, 1.165) is 28.2 Å². The zero-order chi connectivity index (χ0) is 29.1. The van der Waals surface area contributed by atoms with Crippen LogP contribution in [0.25, 0.3) is 22.4 Å². The zero-order valence-electron chi connectivity index (χ0n) is 21.7. The Morgan fingerprint density at radius 1 is 1.17 bits per heavy atom. The van der Waals surface area contributed by atoms with Gasteiger partial charge in [-0.3, -0.25) is 4.79 Å². The van der Waals surface area contributed by atoms with Crippen LogP contribution < -0.4 is 20.5 Å². The second-order valence-electron chi connectivity index (χ2n) is 8.80. The lowest BCUT2D eigenvalue weighted by atomic mass is 10.1. The molecule has 9 nitrogen and oxygen atoms in total. The highest BCUT2D eigenvalue weighted by Crippen LogP contribution is 2.39. The van der Waals surface area contributed by atoms with Crippen molar-refractivity contribution in [1.29, 1.82) is 0 Å². The van der Waals surface area contributed by atoms with E-state index in [-0.39, 0.29) is 50.1 Å². The van der Waals surface area contributed by atoms with Crippen molar-refractivity contribution in [2.45, 2.75) is 23.4 Å². The van der Waals surface area contributed by atoms with Gasteiger partial charge >= 0.3 is 3.93 Å². The molecule has 1 aliphatic heterocycles. The maximum atomic E-state index is 14.0. The molecule has 13 heteroatoms. The summed E-state index contributed by atoms with van der Waals surface area (Å²) in [7, 11) is 1.43. The Hall–Kier alpha value is -3.31. The van der Waals surface area contributed by atoms with Crippen LogP contribution in [0.1, 0.15) is 40.5 Å². The molecule has 0 aliphatic carbocycles. The maximum Gasteiger partial charge on any atom is 0.337 e. The van der Waals surface area contributed by atoms with Gasteiger partial charge in [-0.25, -0.2) is 15.0 Å². The largest absolute Gasteiger partial charge is 0.494 e. The number of rotatable bonds is 9. The lowest BCUT2D eigenvalue weighted by Gasteiger charge is -2.12. The number of nitrogens with one attached hydrogen (secondary N) is 1. The van der Waals surface area contributed by atoms with E-state index < -0.39 is 21.6 Å². The number of halogens is 4. The summed E-state index contributed by atoms with van der Waals surface area (Å²) in [4.78, 5) is 26.2. The third-order valence-corrected chi connectivity index (χ3v) is 8.14. The molecule has 4 aromatic rings. The molecule has 0 saturated heterocycles. The number of alkyl halides is 3. The molecule has 1 atom stereocenters. The smallest absolute Gasteiger partial charge is 0.337 e. The number of para-hydroxylation sites is 1. The molecule has 2 aromatic carbocycles. The van der Waals surface area contributed by atoms with Crippen LogP contribution in [0, 0.1) is 0 Å². The van der Waals surface area contributed by atoms with Crippen molar-refractivity contribution in [1.82, 2.24) is 15.3 Å². The van der Waals surface area contributed by atoms with E-state index in [1.165, 1.54) is 19.2 Å². The Morgan fingerprint density at radius 2 is 1.98 bits per heavy atom. The predicted octanol–water partition coefficient (Wildman–Crippen LogP) is 6.37. The molecule has 5 rings (SSSR count). The molecular formula is C28H23F2I2N5O4. The first kappa shape index (κ1) is 29.2. The molecule has 0 fully saturated rings. The number of carbonyl (C=O) groups is 1. The van der Waals surface area contributed by atoms with Gasteiger partial charge < -0.3 is 24.9 Å². The summed E-state index contributed by atoms with van der Waals surface area (Å²) in [6.07, 6.45) is 1.73. The molecule has 0 radical (unpaired) electrons. The third kappa shape index (κ3) is 6.46. The van der Waals surface area contributed by atoms with Gasteiger partial charge in [-0.05, 0) is 41.3 Å². The maximum absolute atomic E-state index is 14.0. The number of carbonyl (C=O) groups excluding carboxylic acids is 1. The number of fused-ring (bicyclic) bond motifs is 1. The normalized spacial score (nSPS) is 13.9. The number of aliphatic imine (C=N–C) groups is 1. The monoisotopic (exact) mass is 785 g/mol. The van der Waals surface area contributed by atoms with Gasteiger partial charge in [-0.1, -0.05) is 38.9 Å². The zero-order valence-corrected chi connectivity index (χ0v) is 26.0. The number of nitrogens with zero attached hydrogens (tertiary/aromatic N) is 3. The van der Waals surface area contributed by atoms with Crippen molar-refractivity contribution in [2.75, 3.05) is 7.11 Å². The molecule has 1 amide bonds. The van der Waals surface area contributed by atoms with Gasteiger partial charge in [-0.15, -0.1) is 0 Å². The van der Waals surface area contributed by atoms with Crippen LogP contribution in [0.4, 0.5) is 8.78 Å². The van der Waals surface area contributed by atoms with Gasteiger partial charge in [0.2, 0.25) is 11.8 Å². The number of nitrogens with two attached hydrogens (primary N) is 1. The Morgan fingerprint density at radius 3 is 2.68 bits per heavy atom. The Labute approximate surface area is 257 Å². The number of pyridine rings is 1. The Kier molecular flexibility index (Phi) is 8.74. The van der Waals surface area contributed by atoms with Crippen LogP contribution in [0.15, 0.2) is 67.9 Å². The van der Waals surface area contributed by atoms with Crippen molar-refractivity contribution in [3.8, 4) is 23.0 Å². The van der Waals surface area contributed by atoms with E-state index in [0.29, 0.717) is 28.3 Å². The number of methoxy groups -OCH3 is 1. The molecule has 212 valence electrons. The molecule has 0 unspecified atom stereocenters. The second-order valence-corrected chi connectivity index (χ2v) is 12.2. The predicted molar refractivity (Wildman–Crippen MR) is 169 cm³/mol. The highest BCUT2D eigenvalue weighted by molar-refractivity contribution is 14.2. The van der Waals surface area contributed by atoms with Gasteiger partial charge in [0.05, 0.1) is 13.2 Å². The highest BCUT2D eigenvalue weighted by atomic mass is 127. The Balaban J connectivity index is 1.45. The van der Waals surface area contributed by atoms with Gasteiger partial charge in [0, 0.05) is 55.9 Å². The standard InChI is InChI=1S/C28H23F2I2N5O4/c1-15(33)25-24(26(38)35-14-16-5-3-4-6-19(16)40-22-13-32-11-12-34-22)37-27(41-25)18-7-9-20(39-2)23-17(18)8-10-21(36-23)28(29,30)31/h3-13,15H,14,33H2,1-2H3,(H,35,38)/t15-/m0/s1.